The molecular weight excluding hydrogens is 292 g/mol. The van der Waals surface area contributed by atoms with Crippen LogP contribution >= 0.6 is 0 Å². The van der Waals surface area contributed by atoms with Crippen LogP contribution in [0.5, 0.6) is 0 Å². The number of carbonyl (C=O) groups is 1. The van der Waals surface area contributed by atoms with Gasteiger partial charge in [0.05, 0.1) is 6.20 Å². The van der Waals surface area contributed by atoms with E-state index in [1.54, 1.807) is 0 Å². The highest BCUT2D eigenvalue weighted by Crippen LogP contribution is 2.43. The molecule has 1 unspecified atom stereocenters. The number of hydrogen-bond donors (Lipinski definition) is 1. The Bertz CT molecular complexity index is 549. The Balaban J connectivity index is 1.58. The molecule has 6 nitrogen and oxygen atoms in total. The number of aromatic nitrogens is 2. The zero-order valence-electron chi connectivity index (χ0n) is 14.2. The van der Waals surface area contributed by atoms with Crippen LogP contribution in [0.4, 0.5) is 0 Å². The molecule has 1 spiro atoms. The predicted octanol–water partition coefficient (Wildman–Crippen LogP) is 1.57. The average molecular weight is 320 g/mol. The van der Waals surface area contributed by atoms with Gasteiger partial charge in [-0.25, -0.2) is 0 Å². The molecule has 0 bridgehead atoms. The third kappa shape index (κ3) is 3.58. The second-order valence-corrected chi connectivity index (χ2v) is 7.33. The molecule has 2 aliphatic rings. The number of carboxylic acid groups (broad SMARTS) is 1. The molecule has 0 amide bonds. The molecule has 1 aromatic rings. The van der Waals surface area contributed by atoms with E-state index in [1.807, 2.05) is 17.9 Å². The van der Waals surface area contributed by atoms with Gasteiger partial charge in [0.25, 0.3) is 0 Å². The quantitative estimate of drug-likeness (QED) is 0.892. The van der Waals surface area contributed by atoms with Crippen LogP contribution < -0.4 is 0 Å². The topological polar surface area (TPSA) is 61.6 Å². The molecule has 6 heteroatoms. The van der Waals surface area contributed by atoms with Crippen LogP contribution in [0.3, 0.4) is 0 Å². The van der Waals surface area contributed by atoms with Gasteiger partial charge in [-0.1, -0.05) is 6.92 Å². The van der Waals surface area contributed by atoms with Gasteiger partial charge in [0.1, 0.15) is 6.04 Å². The fourth-order valence-electron chi connectivity index (χ4n) is 4.27. The third-order valence-electron chi connectivity index (χ3n) is 5.48. The number of likely N-dealkylation sites (tertiary alicyclic amines) is 2. The minimum absolute atomic E-state index is 0.212. The van der Waals surface area contributed by atoms with Gasteiger partial charge >= 0.3 is 5.97 Å². The smallest absolute Gasteiger partial charge is 0.320 e. The number of aliphatic carboxylic acids is 1. The largest absolute Gasteiger partial charge is 0.480 e. The van der Waals surface area contributed by atoms with Crippen molar-refractivity contribution in [2.75, 3.05) is 26.2 Å². The first kappa shape index (κ1) is 16.5. The Kier molecular flexibility index (Phi) is 4.73. The standard InChI is InChI=1S/C17H28N4O2/c1-3-6-21-13-17(9-15(21)16(22)23)4-7-20(8-5-17)12-14-10-18-19(2)11-14/h10-11,15H,3-9,12-13H2,1-2H3,(H,22,23). The monoisotopic (exact) mass is 320 g/mol. The van der Waals surface area contributed by atoms with Gasteiger partial charge in [0, 0.05) is 31.9 Å². The van der Waals surface area contributed by atoms with Crippen molar-refractivity contribution in [1.29, 1.82) is 0 Å². The third-order valence-corrected chi connectivity index (χ3v) is 5.48. The first-order valence-corrected chi connectivity index (χ1v) is 8.68. The highest BCUT2D eigenvalue weighted by Gasteiger charge is 2.47. The molecule has 1 N–H and O–H groups in total. The number of rotatable bonds is 5. The molecule has 3 rings (SSSR count). The SMILES string of the molecule is CCCN1CC2(CCN(Cc3cnn(C)c3)CC2)CC1C(=O)O. The first-order valence-electron chi connectivity index (χ1n) is 8.68. The van der Waals surface area contributed by atoms with Crippen molar-refractivity contribution in [2.24, 2.45) is 12.5 Å². The molecule has 128 valence electrons. The summed E-state index contributed by atoms with van der Waals surface area (Å²) in [4.78, 5) is 16.2. The van der Waals surface area contributed by atoms with E-state index in [-0.39, 0.29) is 11.5 Å². The predicted molar refractivity (Wildman–Crippen MR) is 88.1 cm³/mol. The van der Waals surface area contributed by atoms with E-state index in [0.29, 0.717) is 0 Å². The summed E-state index contributed by atoms with van der Waals surface area (Å²) < 4.78 is 1.85. The first-order chi connectivity index (χ1) is 11.0. The lowest BCUT2D eigenvalue weighted by molar-refractivity contribution is -0.142. The maximum absolute atomic E-state index is 11.6. The van der Waals surface area contributed by atoms with E-state index in [0.717, 1.165) is 58.4 Å². The second kappa shape index (κ2) is 6.61. The number of piperidine rings is 1. The van der Waals surface area contributed by atoms with Crippen LogP contribution in [-0.4, -0.2) is 62.9 Å². The highest BCUT2D eigenvalue weighted by atomic mass is 16.4. The van der Waals surface area contributed by atoms with Crippen molar-refractivity contribution >= 4 is 5.97 Å². The van der Waals surface area contributed by atoms with Gasteiger partial charge in [0.15, 0.2) is 0 Å². The fraction of sp³-hybridized carbons (Fsp3) is 0.765. The lowest BCUT2D eigenvalue weighted by Crippen LogP contribution is -2.41. The number of nitrogens with zero attached hydrogens (tertiary/aromatic N) is 4. The van der Waals surface area contributed by atoms with Crippen molar-refractivity contribution in [3.8, 4) is 0 Å². The summed E-state index contributed by atoms with van der Waals surface area (Å²) in [6.07, 6.45) is 8.07. The average Bonchev–Trinajstić information content (AvgIpc) is 3.07. The molecule has 1 aromatic heterocycles. The number of carboxylic acids is 1. The molecule has 2 aliphatic heterocycles. The second-order valence-electron chi connectivity index (χ2n) is 7.33. The van der Waals surface area contributed by atoms with Crippen LogP contribution in [0.2, 0.25) is 0 Å². The molecule has 2 fully saturated rings. The molecule has 1 atom stereocenters. The molecule has 3 heterocycles. The maximum Gasteiger partial charge on any atom is 0.320 e. The normalized spacial score (nSPS) is 25.2. The molecule has 0 aromatic carbocycles. The van der Waals surface area contributed by atoms with E-state index in [4.69, 9.17) is 0 Å². The summed E-state index contributed by atoms with van der Waals surface area (Å²) in [7, 11) is 1.95. The Morgan fingerprint density at radius 1 is 1.43 bits per heavy atom. The van der Waals surface area contributed by atoms with Gasteiger partial charge < -0.3 is 5.11 Å². The van der Waals surface area contributed by atoms with Crippen LogP contribution in [0.25, 0.3) is 0 Å². The Labute approximate surface area is 138 Å². The van der Waals surface area contributed by atoms with E-state index in [2.05, 4.69) is 28.0 Å². The minimum Gasteiger partial charge on any atom is -0.480 e. The minimum atomic E-state index is -0.645. The lowest BCUT2D eigenvalue weighted by Gasteiger charge is -2.39. The van der Waals surface area contributed by atoms with Gasteiger partial charge in [-0.2, -0.15) is 5.10 Å². The summed E-state index contributed by atoms with van der Waals surface area (Å²) in [5, 5.41) is 13.7. The van der Waals surface area contributed by atoms with Crippen LogP contribution in [-0.2, 0) is 18.4 Å². The van der Waals surface area contributed by atoms with E-state index in [9.17, 15) is 9.90 Å². The van der Waals surface area contributed by atoms with Crippen molar-refractivity contribution < 1.29 is 9.90 Å². The highest BCUT2D eigenvalue weighted by molar-refractivity contribution is 5.74. The van der Waals surface area contributed by atoms with E-state index in [1.165, 1.54) is 5.56 Å². The van der Waals surface area contributed by atoms with Gasteiger partial charge in [-0.15, -0.1) is 0 Å². The molecule has 2 saturated heterocycles. The lowest BCUT2D eigenvalue weighted by atomic mass is 9.76. The van der Waals surface area contributed by atoms with Crippen molar-refractivity contribution in [2.45, 2.75) is 45.2 Å². The summed E-state index contributed by atoms with van der Waals surface area (Å²) in [5.74, 6) is -0.645. The Morgan fingerprint density at radius 2 is 2.17 bits per heavy atom. The maximum atomic E-state index is 11.6. The molecule has 0 aliphatic carbocycles. The fourth-order valence-corrected chi connectivity index (χ4v) is 4.27. The zero-order chi connectivity index (χ0) is 16.4. The molecular formula is C17H28N4O2. The van der Waals surface area contributed by atoms with Crippen molar-refractivity contribution in [3.05, 3.63) is 18.0 Å². The van der Waals surface area contributed by atoms with Crippen molar-refractivity contribution in [1.82, 2.24) is 19.6 Å². The number of hydrogen-bond acceptors (Lipinski definition) is 4. The number of aryl methyl sites for hydroxylation is 1. The van der Waals surface area contributed by atoms with E-state index < -0.39 is 5.97 Å². The van der Waals surface area contributed by atoms with Crippen molar-refractivity contribution in [3.63, 3.8) is 0 Å². The van der Waals surface area contributed by atoms with Crippen LogP contribution in [0, 0.1) is 5.41 Å². The van der Waals surface area contributed by atoms with Gasteiger partial charge in [0.2, 0.25) is 0 Å². The molecule has 0 radical (unpaired) electrons. The zero-order valence-corrected chi connectivity index (χ0v) is 14.2. The molecule has 0 saturated carbocycles. The van der Waals surface area contributed by atoms with Gasteiger partial charge in [-0.05, 0) is 50.7 Å². The Morgan fingerprint density at radius 3 is 2.74 bits per heavy atom. The summed E-state index contributed by atoms with van der Waals surface area (Å²) in [6, 6.07) is -0.278. The summed E-state index contributed by atoms with van der Waals surface area (Å²) in [6.45, 7) is 7.05. The van der Waals surface area contributed by atoms with Crippen LogP contribution in [0.15, 0.2) is 12.4 Å². The van der Waals surface area contributed by atoms with Gasteiger partial charge in [-0.3, -0.25) is 19.3 Å². The Hall–Kier alpha value is -1.40. The van der Waals surface area contributed by atoms with Crippen LogP contribution in [0.1, 0.15) is 38.2 Å². The summed E-state index contributed by atoms with van der Waals surface area (Å²) >= 11 is 0. The van der Waals surface area contributed by atoms with E-state index >= 15 is 0 Å². The summed E-state index contributed by atoms with van der Waals surface area (Å²) in [5.41, 5.74) is 1.47. The molecule has 23 heavy (non-hydrogen) atoms.